The number of hydrogen-bond acceptors (Lipinski definition) is 3. The van der Waals surface area contributed by atoms with Gasteiger partial charge in [-0.05, 0) is 55.7 Å². The van der Waals surface area contributed by atoms with E-state index in [0.29, 0.717) is 25.5 Å². The number of benzene rings is 2. The van der Waals surface area contributed by atoms with Crippen molar-refractivity contribution in [3.05, 3.63) is 65.5 Å². The van der Waals surface area contributed by atoms with Crippen molar-refractivity contribution in [2.75, 3.05) is 26.2 Å². The van der Waals surface area contributed by atoms with Gasteiger partial charge in [0, 0.05) is 13.1 Å². The number of rotatable bonds is 9. The molecule has 1 unspecified atom stereocenters. The largest absolute Gasteiger partial charge is 0.491 e. The number of guanidine groups is 1. The van der Waals surface area contributed by atoms with E-state index in [1.165, 1.54) is 12.1 Å². The van der Waals surface area contributed by atoms with Gasteiger partial charge < -0.3 is 20.5 Å². The molecular formula is C21H28FN3O2. The van der Waals surface area contributed by atoms with Gasteiger partial charge in [0.15, 0.2) is 5.96 Å². The Morgan fingerprint density at radius 1 is 1.19 bits per heavy atom. The predicted octanol–water partition coefficient (Wildman–Crippen LogP) is 2.67. The van der Waals surface area contributed by atoms with E-state index in [1.54, 1.807) is 6.07 Å². The molecule has 5 nitrogen and oxygen atoms in total. The van der Waals surface area contributed by atoms with Crippen LogP contribution in [-0.4, -0.2) is 43.4 Å². The lowest BCUT2D eigenvalue weighted by molar-refractivity contribution is 0.114. The average molecular weight is 373 g/mol. The molecule has 0 aliphatic carbocycles. The van der Waals surface area contributed by atoms with Crippen molar-refractivity contribution >= 4 is 5.96 Å². The SMILES string of the molecule is CCNC(=NCC(O)COc1cccc(C)c1)NCCc1cccc(F)c1. The third kappa shape index (κ3) is 8.09. The van der Waals surface area contributed by atoms with E-state index >= 15 is 0 Å². The molecule has 0 saturated carbocycles. The summed E-state index contributed by atoms with van der Waals surface area (Å²) in [5, 5.41) is 16.4. The highest BCUT2D eigenvalue weighted by Gasteiger charge is 2.06. The zero-order chi connectivity index (χ0) is 19.5. The van der Waals surface area contributed by atoms with Crippen LogP contribution in [0.1, 0.15) is 18.1 Å². The molecule has 0 aromatic heterocycles. The van der Waals surface area contributed by atoms with E-state index < -0.39 is 6.10 Å². The molecule has 0 spiro atoms. The van der Waals surface area contributed by atoms with Crippen LogP contribution in [0.25, 0.3) is 0 Å². The van der Waals surface area contributed by atoms with Gasteiger partial charge in [0.05, 0.1) is 6.54 Å². The first-order chi connectivity index (χ1) is 13.1. The monoisotopic (exact) mass is 373 g/mol. The van der Waals surface area contributed by atoms with Gasteiger partial charge in [0.2, 0.25) is 0 Å². The fraction of sp³-hybridized carbons (Fsp3) is 0.381. The molecule has 1 atom stereocenters. The zero-order valence-corrected chi connectivity index (χ0v) is 15.9. The molecule has 2 rings (SSSR count). The highest BCUT2D eigenvalue weighted by atomic mass is 19.1. The van der Waals surface area contributed by atoms with E-state index in [4.69, 9.17) is 4.74 Å². The standard InChI is InChI=1S/C21H28FN3O2/c1-3-23-21(24-11-10-17-7-5-8-18(22)13-17)25-14-19(26)15-27-20-9-4-6-16(2)12-20/h4-9,12-13,19,26H,3,10-11,14-15H2,1-2H3,(H2,23,24,25). The van der Waals surface area contributed by atoms with Crippen LogP contribution in [0.15, 0.2) is 53.5 Å². The van der Waals surface area contributed by atoms with E-state index in [0.717, 1.165) is 16.9 Å². The van der Waals surface area contributed by atoms with Gasteiger partial charge in [-0.3, -0.25) is 4.99 Å². The van der Waals surface area contributed by atoms with Crippen molar-refractivity contribution in [2.45, 2.75) is 26.4 Å². The summed E-state index contributed by atoms with van der Waals surface area (Å²) in [4.78, 5) is 4.38. The topological polar surface area (TPSA) is 65.9 Å². The maximum absolute atomic E-state index is 13.2. The number of aryl methyl sites for hydroxylation is 1. The summed E-state index contributed by atoms with van der Waals surface area (Å²) >= 11 is 0. The quantitative estimate of drug-likeness (QED) is 0.467. The minimum Gasteiger partial charge on any atom is -0.491 e. The molecule has 0 saturated heterocycles. The van der Waals surface area contributed by atoms with Crippen molar-refractivity contribution in [1.29, 1.82) is 0 Å². The maximum Gasteiger partial charge on any atom is 0.191 e. The predicted molar refractivity (Wildman–Crippen MR) is 107 cm³/mol. The summed E-state index contributed by atoms with van der Waals surface area (Å²) in [5.41, 5.74) is 2.03. The van der Waals surface area contributed by atoms with Gasteiger partial charge in [0.1, 0.15) is 24.3 Å². The number of nitrogens with one attached hydrogen (secondary N) is 2. The Hall–Kier alpha value is -2.60. The maximum atomic E-state index is 13.2. The Kier molecular flexibility index (Phi) is 8.58. The van der Waals surface area contributed by atoms with Gasteiger partial charge in [-0.15, -0.1) is 0 Å². The third-order valence-corrected chi connectivity index (χ3v) is 3.83. The fourth-order valence-electron chi connectivity index (χ4n) is 2.51. The van der Waals surface area contributed by atoms with E-state index in [-0.39, 0.29) is 19.0 Å². The number of nitrogens with zero attached hydrogens (tertiary/aromatic N) is 1. The molecule has 0 aliphatic rings. The Morgan fingerprint density at radius 3 is 2.74 bits per heavy atom. The number of aliphatic hydroxyl groups is 1. The van der Waals surface area contributed by atoms with Gasteiger partial charge in [-0.1, -0.05) is 24.3 Å². The molecule has 3 N–H and O–H groups in total. The lowest BCUT2D eigenvalue weighted by atomic mass is 10.1. The Bertz CT molecular complexity index is 737. The van der Waals surface area contributed by atoms with Crippen molar-refractivity contribution < 1.29 is 14.2 Å². The van der Waals surface area contributed by atoms with Crippen LogP contribution in [0.4, 0.5) is 4.39 Å². The first kappa shape index (κ1) is 20.7. The van der Waals surface area contributed by atoms with Crippen molar-refractivity contribution in [2.24, 2.45) is 4.99 Å². The van der Waals surface area contributed by atoms with Crippen LogP contribution in [0.5, 0.6) is 5.75 Å². The van der Waals surface area contributed by atoms with Gasteiger partial charge in [-0.2, -0.15) is 0 Å². The molecule has 2 aromatic carbocycles. The number of hydrogen-bond donors (Lipinski definition) is 3. The number of aliphatic hydroxyl groups excluding tert-OH is 1. The van der Waals surface area contributed by atoms with E-state index in [1.807, 2.05) is 44.2 Å². The van der Waals surface area contributed by atoms with Crippen molar-refractivity contribution in [3.63, 3.8) is 0 Å². The number of halogens is 1. The summed E-state index contributed by atoms with van der Waals surface area (Å²) in [6.07, 6.45) is -0.0227. The molecule has 0 amide bonds. The molecule has 27 heavy (non-hydrogen) atoms. The van der Waals surface area contributed by atoms with Crippen LogP contribution in [-0.2, 0) is 6.42 Å². The average Bonchev–Trinajstić information content (AvgIpc) is 2.64. The van der Waals surface area contributed by atoms with Crippen LogP contribution in [0, 0.1) is 12.7 Å². The molecule has 146 valence electrons. The smallest absolute Gasteiger partial charge is 0.191 e. The minimum atomic E-state index is -0.704. The van der Waals surface area contributed by atoms with Crippen LogP contribution >= 0.6 is 0 Å². The van der Waals surface area contributed by atoms with Crippen molar-refractivity contribution in [1.82, 2.24) is 10.6 Å². The molecule has 6 heteroatoms. The summed E-state index contributed by atoms with van der Waals surface area (Å²) in [7, 11) is 0. The van der Waals surface area contributed by atoms with Gasteiger partial charge in [0.25, 0.3) is 0 Å². The molecule has 0 heterocycles. The highest BCUT2D eigenvalue weighted by molar-refractivity contribution is 5.79. The van der Waals surface area contributed by atoms with E-state index in [9.17, 15) is 9.50 Å². The summed E-state index contributed by atoms with van der Waals surface area (Å²) in [6, 6.07) is 14.2. The van der Waals surface area contributed by atoms with Crippen LogP contribution in [0.2, 0.25) is 0 Å². The van der Waals surface area contributed by atoms with Crippen LogP contribution < -0.4 is 15.4 Å². The molecule has 0 radical (unpaired) electrons. The van der Waals surface area contributed by atoms with Gasteiger partial charge >= 0.3 is 0 Å². The summed E-state index contributed by atoms with van der Waals surface area (Å²) in [6.45, 7) is 5.69. The second kappa shape index (κ2) is 11.2. The van der Waals surface area contributed by atoms with Crippen LogP contribution in [0.3, 0.4) is 0 Å². The molecule has 0 fully saturated rings. The normalized spacial score (nSPS) is 12.5. The van der Waals surface area contributed by atoms with E-state index in [2.05, 4.69) is 15.6 Å². The Morgan fingerprint density at radius 2 is 2.00 bits per heavy atom. The summed E-state index contributed by atoms with van der Waals surface area (Å²) < 4.78 is 18.8. The third-order valence-electron chi connectivity index (χ3n) is 3.83. The molecule has 2 aromatic rings. The lowest BCUT2D eigenvalue weighted by Crippen LogP contribution is -2.39. The minimum absolute atomic E-state index is 0.176. The highest BCUT2D eigenvalue weighted by Crippen LogP contribution is 2.12. The van der Waals surface area contributed by atoms with Crippen molar-refractivity contribution in [3.8, 4) is 5.75 Å². The second-order valence-corrected chi connectivity index (χ2v) is 6.31. The number of aliphatic imine (C=N–C) groups is 1. The Balaban J connectivity index is 1.77. The lowest BCUT2D eigenvalue weighted by Gasteiger charge is -2.14. The first-order valence-electron chi connectivity index (χ1n) is 9.21. The first-order valence-corrected chi connectivity index (χ1v) is 9.21. The van der Waals surface area contributed by atoms with Gasteiger partial charge in [-0.25, -0.2) is 4.39 Å². The fourth-order valence-corrected chi connectivity index (χ4v) is 2.51. The Labute approximate surface area is 160 Å². The summed E-state index contributed by atoms with van der Waals surface area (Å²) in [5.74, 6) is 1.12. The zero-order valence-electron chi connectivity index (χ0n) is 15.9. The second-order valence-electron chi connectivity index (χ2n) is 6.31. The number of ether oxygens (including phenoxy) is 1. The molecule has 0 aliphatic heterocycles. The molecule has 0 bridgehead atoms. The molecular weight excluding hydrogens is 345 g/mol.